The molecule has 4 rings (SSSR count). The number of halogens is 1. The Kier molecular flexibility index (Phi) is 6.18. The topological polar surface area (TPSA) is 64.4 Å². The molecular weight excluding hydrogens is 417 g/mol. The SMILES string of the molecule is CCOC(=O)c1cc(-c2ccc(F)cc2)n(C2CCN(C(=O)c3sccc3C)CC2)n1. The number of aryl methyl sites for hydroxylation is 1. The fraction of sp³-hybridized carbons (Fsp3) is 0.348. The van der Waals surface area contributed by atoms with Crippen LogP contribution in [0.1, 0.15) is 51.5 Å². The molecule has 3 heterocycles. The lowest BCUT2D eigenvalue weighted by atomic mass is 10.0. The van der Waals surface area contributed by atoms with Crippen molar-refractivity contribution in [1.82, 2.24) is 14.7 Å². The van der Waals surface area contributed by atoms with E-state index in [0.717, 1.165) is 21.7 Å². The lowest BCUT2D eigenvalue weighted by Gasteiger charge is -2.32. The van der Waals surface area contributed by atoms with E-state index >= 15 is 0 Å². The van der Waals surface area contributed by atoms with Gasteiger partial charge in [0.05, 0.1) is 23.2 Å². The van der Waals surface area contributed by atoms with Crippen molar-refractivity contribution in [3.63, 3.8) is 0 Å². The number of likely N-dealkylation sites (tertiary alicyclic amines) is 1. The summed E-state index contributed by atoms with van der Waals surface area (Å²) in [4.78, 5) is 27.8. The number of rotatable bonds is 5. The number of nitrogens with zero attached hydrogens (tertiary/aromatic N) is 3. The summed E-state index contributed by atoms with van der Waals surface area (Å²) in [6.45, 7) is 5.18. The highest BCUT2D eigenvalue weighted by Crippen LogP contribution is 2.31. The molecule has 0 atom stereocenters. The summed E-state index contributed by atoms with van der Waals surface area (Å²) in [6, 6.07) is 9.81. The third-order valence-electron chi connectivity index (χ3n) is 5.51. The molecule has 1 amide bonds. The first kappa shape index (κ1) is 21.2. The molecule has 0 unspecified atom stereocenters. The number of benzene rings is 1. The molecule has 0 N–H and O–H groups in total. The van der Waals surface area contributed by atoms with Crippen LogP contribution in [0.4, 0.5) is 4.39 Å². The Hall–Kier alpha value is -3.00. The van der Waals surface area contributed by atoms with Crippen LogP contribution in [0.3, 0.4) is 0 Å². The summed E-state index contributed by atoms with van der Waals surface area (Å²) in [5, 5.41) is 6.47. The molecule has 1 saturated heterocycles. The zero-order valence-corrected chi connectivity index (χ0v) is 18.3. The molecule has 8 heteroatoms. The number of ether oxygens (including phenoxy) is 1. The average molecular weight is 442 g/mol. The maximum absolute atomic E-state index is 13.4. The van der Waals surface area contributed by atoms with Gasteiger partial charge in [0, 0.05) is 18.7 Å². The zero-order valence-electron chi connectivity index (χ0n) is 17.5. The first-order valence-electron chi connectivity index (χ1n) is 10.3. The molecule has 6 nitrogen and oxygen atoms in total. The number of carbonyl (C=O) groups excluding carboxylic acids is 2. The summed E-state index contributed by atoms with van der Waals surface area (Å²) in [7, 11) is 0. The van der Waals surface area contributed by atoms with Crippen molar-refractivity contribution in [2.75, 3.05) is 19.7 Å². The van der Waals surface area contributed by atoms with E-state index in [1.54, 1.807) is 25.1 Å². The van der Waals surface area contributed by atoms with Crippen LogP contribution in [0.2, 0.25) is 0 Å². The van der Waals surface area contributed by atoms with E-state index in [0.29, 0.717) is 25.9 Å². The van der Waals surface area contributed by atoms with Crippen molar-refractivity contribution in [2.45, 2.75) is 32.7 Å². The van der Waals surface area contributed by atoms with Crippen molar-refractivity contribution in [1.29, 1.82) is 0 Å². The Bertz CT molecular complexity index is 1080. The van der Waals surface area contributed by atoms with Gasteiger partial charge in [0.25, 0.3) is 5.91 Å². The minimum atomic E-state index is -0.481. The van der Waals surface area contributed by atoms with Crippen molar-refractivity contribution in [3.05, 3.63) is 63.7 Å². The smallest absolute Gasteiger partial charge is 0.358 e. The highest BCUT2D eigenvalue weighted by Gasteiger charge is 2.29. The third kappa shape index (κ3) is 4.39. The largest absolute Gasteiger partial charge is 0.461 e. The van der Waals surface area contributed by atoms with Gasteiger partial charge in [-0.3, -0.25) is 9.48 Å². The van der Waals surface area contributed by atoms with Gasteiger partial charge >= 0.3 is 5.97 Å². The third-order valence-corrected chi connectivity index (χ3v) is 6.52. The Morgan fingerprint density at radius 1 is 1.19 bits per heavy atom. The molecule has 0 saturated carbocycles. The fourth-order valence-corrected chi connectivity index (χ4v) is 4.75. The van der Waals surface area contributed by atoms with Gasteiger partial charge in [0.1, 0.15) is 5.82 Å². The molecule has 2 aromatic heterocycles. The van der Waals surface area contributed by atoms with Crippen molar-refractivity contribution < 1.29 is 18.7 Å². The van der Waals surface area contributed by atoms with E-state index in [1.807, 2.05) is 28.0 Å². The Labute approximate surface area is 184 Å². The van der Waals surface area contributed by atoms with Crippen LogP contribution in [0.15, 0.2) is 41.8 Å². The molecule has 162 valence electrons. The Morgan fingerprint density at radius 3 is 2.52 bits per heavy atom. The summed E-state index contributed by atoms with van der Waals surface area (Å²) in [5.41, 5.74) is 2.75. The van der Waals surface area contributed by atoms with E-state index < -0.39 is 5.97 Å². The molecule has 1 aromatic carbocycles. The minimum Gasteiger partial charge on any atom is -0.461 e. The molecule has 3 aromatic rings. The minimum absolute atomic E-state index is 0.0247. The van der Waals surface area contributed by atoms with E-state index in [-0.39, 0.29) is 30.1 Å². The first-order chi connectivity index (χ1) is 15.0. The second kappa shape index (κ2) is 9.01. The molecule has 1 aliphatic rings. The number of carbonyl (C=O) groups is 2. The predicted molar refractivity (Wildman–Crippen MR) is 117 cm³/mol. The molecule has 31 heavy (non-hydrogen) atoms. The number of hydrogen-bond acceptors (Lipinski definition) is 5. The second-order valence-electron chi connectivity index (χ2n) is 7.54. The zero-order chi connectivity index (χ0) is 22.0. The van der Waals surface area contributed by atoms with E-state index in [9.17, 15) is 14.0 Å². The highest BCUT2D eigenvalue weighted by molar-refractivity contribution is 7.12. The number of piperidine rings is 1. The predicted octanol–water partition coefficient (Wildman–Crippen LogP) is 4.71. The van der Waals surface area contributed by atoms with Gasteiger partial charge in [-0.15, -0.1) is 11.3 Å². The van der Waals surface area contributed by atoms with Crippen molar-refractivity contribution >= 4 is 23.2 Å². The van der Waals surface area contributed by atoms with Crippen LogP contribution in [0, 0.1) is 12.7 Å². The van der Waals surface area contributed by atoms with Gasteiger partial charge in [-0.1, -0.05) is 0 Å². The standard InChI is InChI=1S/C23H24FN3O3S/c1-3-30-23(29)19-14-20(16-4-6-17(24)7-5-16)27(25-19)18-8-11-26(12-9-18)22(28)21-15(2)10-13-31-21/h4-7,10,13-14,18H,3,8-9,11-12H2,1-2H3. The van der Waals surface area contributed by atoms with Crippen LogP contribution in [0.5, 0.6) is 0 Å². The summed E-state index contributed by atoms with van der Waals surface area (Å²) >= 11 is 1.47. The average Bonchev–Trinajstić information content (AvgIpc) is 3.41. The Morgan fingerprint density at radius 2 is 1.90 bits per heavy atom. The normalized spacial score (nSPS) is 14.6. The van der Waals surface area contributed by atoms with Crippen LogP contribution in [-0.4, -0.2) is 46.3 Å². The lowest BCUT2D eigenvalue weighted by Crippen LogP contribution is -2.39. The molecule has 0 spiro atoms. The molecule has 0 bridgehead atoms. The summed E-state index contributed by atoms with van der Waals surface area (Å²) in [6.07, 6.45) is 1.43. The monoisotopic (exact) mass is 441 g/mol. The number of aromatic nitrogens is 2. The second-order valence-corrected chi connectivity index (χ2v) is 8.46. The highest BCUT2D eigenvalue weighted by atomic mass is 32.1. The number of hydrogen-bond donors (Lipinski definition) is 0. The first-order valence-corrected chi connectivity index (χ1v) is 11.2. The van der Waals surface area contributed by atoms with Gasteiger partial charge in [-0.25, -0.2) is 9.18 Å². The summed E-state index contributed by atoms with van der Waals surface area (Å²) < 4.78 is 20.4. The van der Waals surface area contributed by atoms with E-state index in [1.165, 1.54) is 23.5 Å². The van der Waals surface area contributed by atoms with E-state index in [4.69, 9.17) is 4.74 Å². The Balaban J connectivity index is 1.57. The van der Waals surface area contributed by atoms with Crippen LogP contribution < -0.4 is 0 Å². The fourth-order valence-electron chi connectivity index (χ4n) is 3.86. The molecule has 0 aliphatic carbocycles. The van der Waals surface area contributed by atoms with Gasteiger partial charge in [-0.2, -0.15) is 5.10 Å². The number of thiophene rings is 1. The maximum Gasteiger partial charge on any atom is 0.358 e. The summed E-state index contributed by atoms with van der Waals surface area (Å²) in [5.74, 6) is -0.737. The van der Waals surface area contributed by atoms with Crippen LogP contribution >= 0.6 is 11.3 Å². The van der Waals surface area contributed by atoms with E-state index in [2.05, 4.69) is 5.10 Å². The van der Waals surface area contributed by atoms with Gasteiger partial charge in [0.2, 0.25) is 0 Å². The van der Waals surface area contributed by atoms with Crippen molar-refractivity contribution in [2.24, 2.45) is 0 Å². The number of amides is 1. The maximum atomic E-state index is 13.4. The van der Waals surface area contributed by atoms with Crippen LogP contribution in [-0.2, 0) is 4.74 Å². The molecule has 1 aliphatic heterocycles. The van der Waals surface area contributed by atoms with Gasteiger partial charge in [-0.05, 0) is 74.0 Å². The number of esters is 1. The quantitative estimate of drug-likeness (QED) is 0.538. The van der Waals surface area contributed by atoms with Crippen molar-refractivity contribution in [3.8, 4) is 11.3 Å². The van der Waals surface area contributed by atoms with Gasteiger partial charge < -0.3 is 9.64 Å². The molecular formula is C23H24FN3O3S. The lowest BCUT2D eigenvalue weighted by molar-refractivity contribution is 0.0517. The van der Waals surface area contributed by atoms with Crippen LogP contribution in [0.25, 0.3) is 11.3 Å². The van der Waals surface area contributed by atoms with Gasteiger partial charge in [0.15, 0.2) is 5.69 Å². The molecule has 0 radical (unpaired) electrons. The molecule has 1 fully saturated rings.